The molecular formula is C21H29BrN6. The smallest absolute Gasteiger partial charge is 0.236 e. The quantitative estimate of drug-likeness (QED) is 0.613. The Hall–Kier alpha value is -1.68. The van der Waals surface area contributed by atoms with E-state index in [9.17, 15) is 5.26 Å². The molecule has 6 nitrogen and oxygen atoms in total. The van der Waals surface area contributed by atoms with Crippen molar-refractivity contribution in [2.45, 2.75) is 77.8 Å². The highest BCUT2D eigenvalue weighted by atomic mass is 79.9. The summed E-state index contributed by atoms with van der Waals surface area (Å²) < 4.78 is 2.96. The van der Waals surface area contributed by atoms with Gasteiger partial charge in [-0.05, 0) is 59.9 Å². The Kier molecular flexibility index (Phi) is 5.86. The number of nitrogens with zero attached hydrogens (tertiary/aromatic N) is 5. The van der Waals surface area contributed by atoms with Crippen LogP contribution in [0.5, 0.6) is 0 Å². The van der Waals surface area contributed by atoms with Gasteiger partial charge in [-0.3, -0.25) is 0 Å². The highest BCUT2D eigenvalue weighted by Crippen LogP contribution is 2.34. The number of aryl methyl sites for hydroxylation is 1. The van der Waals surface area contributed by atoms with E-state index in [1.165, 1.54) is 44.9 Å². The maximum atomic E-state index is 9.34. The third kappa shape index (κ3) is 4.03. The van der Waals surface area contributed by atoms with Crippen LogP contribution in [0.3, 0.4) is 0 Å². The predicted molar refractivity (Wildman–Crippen MR) is 114 cm³/mol. The molecule has 2 aliphatic carbocycles. The van der Waals surface area contributed by atoms with Crippen molar-refractivity contribution >= 4 is 32.9 Å². The van der Waals surface area contributed by atoms with Crippen LogP contribution in [0.15, 0.2) is 4.73 Å². The molecule has 0 aliphatic heterocycles. The summed E-state index contributed by atoms with van der Waals surface area (Å²) in [5.41, 5.74) is 1.51. The molecule has 0 radical (unpaired) electrons. The van der Waals surface area contributed by atoms with Gasteiger partial charge in [0.1, 0.15) is 11.6 Å². The Bertz CT molecular complexity index is 873. The number of anilines is 1. The molecule has 4 rings (SSSR count). The molecule has 7 heteroatoms. The van der Waals surface area contributed by atoms with Crippen molar-refractivity contribution in [2.75, 3.05) is 5.32 Å². The van der Waals surface area contributed by atoms with Gasteiger partial charge in [-0.2, -0.15) is 15.2 Å². The summed E-state index contributed by atoms with van der Waals surface area (Å²) in [7, 11) is 0. The predicted octanol–water partition coefficient (Wildman–Crippen LogP) is 5.28. The fourth-order valence-electron chi connectivity index (χ4n) is 4.57. The zero-order chi connectivity index (χ0) is 19.7. The summed E-state index contributed by atoms with van der Waals surface area (Å²) in [5, 5.41) is 12.9. The van der Waals surface area contributed by atoms with Crippen molar-refractivity contribution in [3.63, 3.8) is 0 Å². The summed E-state index contributed by atoms with van der Waals surface area (Å²) in [4.78, 5) is 13.4. The molecule has 1 N–H and O–H groups in total. The molecular weight excluding hydrogens is 416 g/mol. The number of hydrogen-bond acceptors (Lipinski definition) is 5. The Morgan fingerprint density at radius 3 is 2.57 bits per heavy atom. The van der Waals surface area contributed by atoms with Crippen molar-refractivity contribution in [2.24, 2.45) is 17.8 Å². The second kappa shape index (κ2) is 8.36. The molecule has 28 heavy (non-hydrogen) atoms. The number of aromatic nitrogens is 4. The van der Waals surface area contributed by atoms with Crippen LogP contribution >= 0.6 is 15.9 Å². The summed E-state index contributed by atoms with van der Waals surface area (Å²) in [6, 6.07) is 2.41. The second-order valence-electron chi connectivity index (χ2n) is 8.75. The van der Waals surface area contributed by atoms with Crippen LogP contribution in [0.1, 0.15) is 71.0 Å². The lowest BCUT2D eigenvalue weighted by molar-refractivity contribution is 0.269. The number of hydrogen-bond donors (Lipinski definition) is 1. The van der Waals surface area contributed by atoms with E-state index in [4.69, 9.17) is 0 Å². The fourth-order valence-corrected chi connectivity index (χ4v) is 5.09. The lowest BCUT2D eigenvalue weighted by Crippen LogP contribution is -2.31. The van der Waals surface area contributed by atoms with E-state index in [1.54, 1.807) is 0 Å². The summed E-state index contributed by atoms with van der Waals surface area (Å²) in [5.74, 6) is 3.26. The lowest BCUT2D eigenvalue weighted by Gasteiger charge is -2.32. The molecule has 0 aromatic carbocycles. The number of nitriles is 1. The molecule has 0 bridgehead atoms. The molecule has 150 valence electrons. The molecule has 2 fully saturated rings. The lowest BCUT2D eigenvalue weighted by atomic mass is 9.80. The van der Waals surface area contributed by atoms with Crippen molar-refractivity contribution in [3.8, 4) is 6.07 Å². The third-order valence-corrected chi connectivity index (χ3v) is 7.38. The van der Waals surface area contributed by atoms with Crippen molar-refractivity contribution in [1.29, 1.82) is 5.26 Å². The van der Waals surface area contributed by atoms with E-state index >= 15 is 0 Å². The van der Waals surface area contributed by atoms with Crippen LogP contribution in [0.2, 0.25) is 0 Å². The Balaban J connectivity index is 1.60. The normalized spacial score (nSPS) is 23.9. The molecule has 2 aliphatic rings. The van der Waals surface area contributed by atoms with Gasteiger partial charge in [-0.25, -0.2) is 4.98 Å². The van der Waals surface area contributed by atoms with Gasteiger partial charge in [0.25, 0.3) is 0 Å². The average Bonchev–Trinajstić information content (AvgIpc) is 2.95. The number of fused-ring (bicyclic) bond motifs is 1. The van der Waals surface area contributed by atoms with Gasteiger partial charge >= 0.3 is 0 Å². The first-order chi connectivity index (χ1) is 13.5. The van der Waals surface area contributed by atoms with E-state index in [0.717, 1.165) is 40.9 Å². The van der Waals surface area contributed by atoms with E-state index in [2.05, 4.69) is 60.7 Å². The Labute approximate surface area is 175 Å². The van der Waals surface area contributed by atoms with Gasteiger partial charge in [0.15, 0.2) is 16.2 Å². The molecule has 0 unspecified atom stereocenters. The maximum absolute atomic E-state index is 9.34. The Morgan fingerprint density at radius 1 is 1.18 bits per heavy atom. The molecule has 2 aromatic heterocycles. The van der Waals surface area contributed by atoms with Gasteiger partial charge in [-0.1, -0.05) is 39.0 Å². The first kappa shape index (κ1) is 19.6. The molecule has 2 saturated carbocycles. The number of halogens is 1. The van der Waals surface area contributed by atoms with Crippen LogP contribution in [0.25, 0.3) is 11.2 Å². The number of imidazole rings is 1. The van der Waals surface area contributed by atoms with Gasteiger partial charge in [0.2, 0.25) is 5.82 Å². The third-order valence-electron chi connectivity index (χ3n) is 6.77. The highest BCUT2D eigenvalue weighted by Gasteiger charge is 2.26. The Morgan fingerprint density at radius 2 is 1.93 bits per heavy atom. The van der Waals surface area contributed by atoms with E-state index in [-0.39, 0.29) is 5.82 Å². The zero-order valence-corrected chi connectivity index (χ0v) is 18.4. The van der Waals surface area contributed by atoms with Crippen molar-refractivity contribution < 1.29 is 0 Å². The molecule has 2 aromatic rings. The van der Waals surface area contributed by atoms with Crippen LogP contribution < -0.4 is 5.32 Å². The van der Waals surface area contributed by atoms with Gasteiger partial charge in [0, 0.05) is 12.6 Å². The first-order valence-corrected chi connectivity index (χ1v) is 11.4. The molecule has 1 atom stereocenters. The van der Waals surface area contributed by atoms with Crippen molar-refractivity contribution in [1.82, 2.24) is 19.5 Å². The topological polar surface area (TPSA) is 79.4 Å². The minimum Gasteiger partial charge on any atom is -0.365 e. The molecule has 2 heterocycles. The summed E-state index contributed by atoms with van der Waals surface area (Å²) in [6.45, 7) is 5.47. The molecule has 0 amide bonds. The van der Waals surface area contributed by atoms with Gasteiger partial charge in [0.05, 0.1) is 0 Å². The minimum absolute atomic E-state index is 0.175. The highest BCUT2D eigenvalue weighted by molar-refractivity contribution is 9.10. The largest absolute Gasteiger partial charge is 0.365 e. The van der Waals surface area contributed by atoms with Gasteiger partial charge < -0.3 is 9.88 Å². The zero-order valence-electron chi connectivity index (χ0n) is 16.8. The van der Waals surface area contributed by atoms with Crippen molar-refractivity contribution in [3.05, 3.63) is 10.6 Å². The van der Waals surface area contributed by atoms with Crippen LogP contribution in [0.4, 0.5) is 5.82 Å². The fraction of sp³-hybridized carbons (Fsp3) is 0.714. The summed E-state index contributed by atoms with van der Waals surface area (Å²) in [6.07, 6.45) is 10.3. The second-order valence-corrected chi connectivity index (χ2v) is 9.46. The van der Waals surface area contributed by atoms with Crippen LogP contribution in [-0.2, 0) is 6.54 Å². The minimum atomic E-state index is 0.175. The summed E-state index contributed by atoms with van der Waals surface area (Å²) >= 11 is 3.62. The SMILES string of the molecule is C[C@@H](Nc1nc(C#N)nc2nc(Br)n(CC[C@H]3CC[C@H](C)CC3)c12)C1CCC1. The van der Waals surface area contributed by atoms with E-state index < -0.39 is 0 Å². The molecule has 0 spiro atoms. The van der Waals surface area contributed by atoms with E-state index in [0.29, 0.717) is 17.6 Å². The molecule has 0 saturated heterocycles. The number of rotatable bonds is 6. The maximum Gasteiger partial charge on any atom is 0.236 e. The van der Waals surface area contributed by atoms with Crippen LogP contribution in [0, 0.1) is 29.1 Å². The van der Waals surface area contributed by atoms with E-state index in [1.807, 2.05) is 0 Å². The van der Waals surface area contributed by atoms with Gasteiger partial charge in [-0.15, -0.1) is 0 Å². The number of nitrogens with one attached hydrogen (secondary N) is 1. The van der Waals surface area contributed by atoms with Crippen LogP contribution in [-0.4, -0.2) is 25.6 Å². The average molecular weight is 445 g/mol. The standard InChI is InChI=1S/C21H29BrN6/c1-13-6-8-15(9-7-13)10-11-28-18-19(24-14(2)16-4-3-5-16)25-17(12-23)26-20(18)27-21(28)22/h13-16H,3-11H2,1-2H3,(H,24,25,26)/t13-,14-,15-/m1/s1. The monoisotopic (exact) mass is 444 g/mol. The first-order valence-electron chi connectivity index (χ1n) is 10.7.